The van der Waals surface area contributed by atoms with Crippen LogP contribution in [0.3, 0.4) is 0 Å². The van der Waals surface area contributed by atoms with Gasteiger partial charge in [0.1, 0.15) is 0 Å². The van der Waals surface area contributed by atoms with Crippen LogP contribution in [0.25, 0.3) is 0 Å². The Balaban J connectivity index is 2.04. The Labute approximate surface area is 81.9 Å². The molecule has 2 nitrogen and oxygen atoms in total. The van der Waals surface area contributed by atoms with Crippen molar-refractivity contribution >= 4 is 11.3 Å². The zero-order chi connectivity index (χ0) is 9.10. The summed E-state index contributed by atoms with van der Waals surface area (Å²) in [5.74, 6) is 0. The first-order valence-electron chi connectivity index (χ1n) is 4.46. The molecule has 0 fully saturated rings. The maximum absolute atomic E-state index is 8.64. The highest BCUT2D eigenvalue weighted by Gasteiger charge is 2.15. The molecular formula is C10H13NOS. The van der Waals surface area contributed by atoms with Crippen LogP contribution in [0.15, 0.2) is 23.6 Å². The lowest BCUT2D eigenvalue weighted by Gasteiger charge is -2.20. The molecule has 2 rings (SSSR count). The van der Waals surface area contributed by atoms with Crippen LogP contribution < -0.4 is 5.32 Å². The second-order valence-electron chi connectivity index (χ2n) is 3.17. The van der Waals surface area contributed by atoms with Crippen LogP contribution in [0.4, 0.5) is 0 Å². The minimum absolute atomic E-state index is 0.134. The summed E-state index contributed by atoms with van der Waals surface area (Å²) in [6.07, 6.45) is 4.91. The van der Waals surface area contributed by atoms with Crippen molar-refractivity contribution in [2.75, 3.05) is 6.61 Å². The van der Waals surface area contributed by atoms with Crippen LogP contribution in [0.1, 0.15) is 10.4 Å². The minimum atomic E-state index is 0.134. The lowest BCUT2D eigenvalue weighted by Crippen LogP contribution is -2.32. The molecule has 1 aliphatic rings. The third-order valence-electron chi connectivity index (χ3n) is 2.27. The minimum Gasteiger partial charge on any atom is -0.392 e. The van der Waals surface area contributed by atoms with Gasteiger partial charge in [-0.3, -0.25) is 0 Å². The van der Waals surface area contributed by atoms with Crippen molar-refractivity contribution in [1.29, 1.82) is 0 Å². The number of rotatable bonds is 2. The average Bonchev–Trinajstić information content (AvgIpc) is 2.61. The summed E-state index contributed by atoms with van der Waals surface area (Å²) < 4.78 is 0. The van der Waals surface area contributed by atoms with Crippen LogP contribution in [0, 0.1) is 0 Å². The Morgan fingerprint density at radius 3 is 3.46 bits per heavy atom. The Morgan fingerprint density at radius 1 is 1.69 bits per heavy atom. The van der Waals surface area contributed by atoms with Gasteiger partial charge in [-0.05, 0) is 17.0 Å². The molecule has 3 heteroatoms. The molecule has 1 atom stereocenters. The van der Waals surface area contributed by atoms with E-state index in [-0.39, 0.29) is 6.61 Å². The quantitative estimate of drug-likeness (QED) is 0.697. The number of nitrogens with one attached hydrogen (secondary N) is 1. The standard InChI is InChI=1S/C10H13NOS/c12-4-1-2-9-6-10-8(7-11-9)3-5-13-10/h1-3,5,9,11-12H,4,6-7H2. The summed E-state index contributed by atoms with van der Waals surface area (Å²) in [4.78, 5) is 1.48. The number of aliphatic hydroxyl groups is 1. The molecule has 0 spiro atoms. The number of hydrogen-bond donors (Lipinski definition) is 2. The summed E-state index contributed by atoms with van der Waals surface area (Å²) >= 11 is 1.83. The fourth-order valence-electron chi connectivity index (χ4n) is 1.58. The number of hydrogen-bond acceptors (Lipinski definition) is 3. The van der Waals surface area contributed by atoms with Gasteiger partial charge in [-0.25, -0.2) is 0 Å². The van der Waals surface area contributed by atoms with Gasteiger partial charge in [0, 0.05) is 23.9 Å². The van der Waals surface area contributed by atoms with Crippen molar-refractivity contribution in [2.45, 2.75) is 19.0 Å². The van der Waals surface area contributed by atoms with Gasteiger partial charge in [-0.1, -0.05) is 12.2 Å². The van der Waals surface area contributed by atoms with Gasteiger partial charge in [-0.2, -0.15) is 0 Å². The van der Waals surface area contributed by atoms with Crippen LogP contribution >= 0.6 is 11.3 Å². The molecule has 2 heterocycles. The average molecular weight is 195 g/mol. The molecule has 0 aliphatic carbocycles. The van der Waals surface area contributed by atoms with Crippen molar-refractivity contribution in [3.63, 3.8) is 0 Å². The molecule has 0 bridgehead atoms. The lowest BCUT2D eigenvalue weighted by atomic mass is 10.0. The highest BCUT2D eigenvalue weighted by Crippen LogP contribution is 2.22. The fraction of sp³-hybridized carbons (Fsp3) is 0.400. The molecule has 13 heavy (non-hydrogen) atoms. The van der Waals surface area contributed by atoms with E-state index in [0.717, 1.165) is 13.0 Å². The first kappa shape index (κ1) is 8.94. The van der Waals surface area contributed by atoms with E-state index >= 15 is 0 Å². The van der Waals surface area contributed by atoms with E-state index in [1.165, 1.54) is 10.4 Å². The Morgan fingerprint density at radius 2 is 2.62 bits per heavy atom. The topological polar surface area (TPSA) is 32.3 Å². The Kier molecular flexibility index (Phi) is 2.78. The summed E-state index contributed by atoms with van der Waals surface area (Å²) in [6, 6.07) is 2.58. The Bertz CT molecular complexity index is 306. The molecule has 0 amide bonds. The van der Waals surface area contributed by atoms with Gasteiger partial charge in [0.25, 0.3) is 0 Å². The number of thiophene rings is 1. The van der Waals surface area contributed by atoms with Crippen molar-refractivity contribution in [3.05, 3.63) is 34.0 Å². The first-order valence-corrected chi connectivity index (χ1v) is 5.34. The van der Waals surface area contributed by atoms with Crippen molar-refractivity contribution in [2.24, 2.45) is 0 Å². The fourth-order valence-corrected chi connectivity index (χ4v) is 2.54. The monoisotopic (exact) mass is 195 g/mol. The van der Waals surface area contributed by atoms with E-state index < -0.39 is 0 Å². The van der Waals surface area contributed by atoms with Gasteiger partial charge in [0.2, 0.25) is 0 Å². The predicted octanol–water partition coefficient (Wildman–Crippen LogP) is 1.31. The van der Waals surface area contributed by atoms with E-state index in [0.29, 0.717) is 6.04 Å². The third kappa shape index (κ3) is 1.99. The number of fused-ring (bicyclic) bond motifs is 1. The summed E-state index contributed by atoms with van der Waals surface area (Å²) in [6.45, 7) is 1.09. The van der Waals surface area contributed by atoms with E-state index in [2.05, 4.69) is 16.8 Å². The second kappa shape index (κ2) is 4.05. The van der Waals surface area contributed by atoms with Crippen LogP contribution in [-0.2, 0) is 13.0 Å². The van der Waals surface area contributed by atoms with E-state index in [4.69, 9.17) is 5.11 Å². The zero-order valence-electron chi connectivity index (χ0n) is 7.36. The molecule has 2 N–H and O–H groups in total. The molecule has 1 aromatic heterocycles. The van der Waals surface area contributed by atoms with E-state index in [1.54, 1.807) is 6.08 Å². The molecule has 1 unspecified atom stereocenters. The summed E-state index contributed by atoms with van der Waals surface area (Å²) in [5, 5.41) is 14.2. The van der Waals surface area contributed by atoms with Crippen LogP contribution in [0.2, 0.25) is 0 Å². The van der Waals surface area contributed by atoms with E-state index in [9.17, 15) is 0 Å². The van der Waals surface area contributed by atoms with Crippen LogP contribution in [0.5, 0.6) is 0 Å². The second-order valence-corrected chi connectivity index (χ2v) is 4.17. The molecule has 0 aromatic carbocycles. The van der Waals surface area contributed by atoms with Gasteiger partial charge in [0.05, 0.1) is 6.61 Å². The molecule has 1 aromatic rings. The normalized spacial score (nSPS) is 22.1. The third-order valence-corrected chi connectivity index (χ3v) is 3.26. The van der Waals surface area contributed by atoms with Crippen molar-refractivity contribution in [1.82, 2.24) is 5.32 Å². The lowest BCUT2D eigenvalue weighted by molar-refractivity contribution is 0.341. The maximum Gasteiger partial charge on any atom is 0.0612 e. The van der Waals surface area contributed by atoms with Gasteiger partial charge in [-0.15, -0.1) is 11.3 Å². The van der Waals surface area contributed by atoms with Gasteiger partial charge < -0.3 is 10.4 Å². The summed E-state index contributed by atoms with van der Waals surface area (Å²) in [5.41, 5.74) is 1.43. The zero-order valence-corrected chi connectivity index (χ0v) is 8.18. The SMILES string of the molecule is OCC=CC1Cc2sccc2CN1. The molecule has 70 valence electrons. The maximum atomic E-state index is 8.64. The van der Waals surface area contributed by atoms with Gasteiger partial charge >= 0.3 is 0 Å². The highest BCUT2D eigenvalue weighted by atomic mass is 32.1. The van der Waals surface area contributed by atoms with Crippen molar-refractivity contribution < 1.29 is 5.11 Å². The smallest absolute Gasteiger partial charge is 0.0612 e. The molecule has 0 radical (unpaired) electrons. The molecule has 0 saturated heterocycles. The predicted molar refractivity (Wildman–Crippen MR) is 54.9 cm³/mol. The first-order chi connectivity index (χ1) is 6.40. The Hall–Kier alpha value is -0.640. The van der Waals surface area contributed by atoms with Crippen molar-refractivity contribution in [3.8, 4) is 0 Å². The summed E-state index contributed by atoms with van der Waals surface area (Å²) in [7, 11) is 0. The highest BCUT2D eigenvalue weighted by molar-refractivity contribution is 7.10. The largest absolute Gasteiger partial charge is 0.392 e. The molecule has 0 saturated carbocycles. The van der Waals surface area contributed by atoms with Gasteiger partial charge in [0.15, 0.2) is 0 Å². The van der Waals surface area contributed by atoms with Crippen LogP contribution in [-0.4, -0.2) is 17.8 Å². The van der Waals surface area contributed by atoms with E-state index in [1.807, 2.05) is 17.4 Å². The molecule has 1 aliphatic heterocycles. The number of aliphatic hydroxyl groups excluding tert-OH is 1. The molecular weight excluding hydrogens is 182 g/mol.